The van der Waals surface area contributed by atoms with Crippen LogP contribution in [0.15, 0.2) is 128 Å². The number of hydrogen-bond donors (Lipinski definition) is 8. The second-order valence-corrected chi connectivity index (χ2v) is 35.1. The Morgan fingerprint density at radius 3 is 1.52 bits per heavy atom. The predicted molar refractivity (Wildman–Crippen MR) is 523 cm³/mol. The Morgan fingerprint density at radius 1 is 0.580 bits per heavy atom. The smallest absolute Gasteiger partial charge is 0.484 e. The van der Waals surface area contributed by atoms with Crippen LogP contribution in [0, 0.1) is 59.9 Å². The summed E-state index contributed by atoms with van der Waals surface area (Å²) in [6, 6.07) is 20.7. The van der Waals surface area contributed by atoms with Gasteiger partial charge in [-0.25, -0.2) is 28.3 Å². The number of amides is 8. The second-order valence-electron chi connectivity index (χ2n) is 35.1. The number of unbranched alkanes of at least 4 members (excludes halogenated alkanes) is 6. The number of aromatic nitrogens is 4. The molecule has 10 atom stereocenters. The molecule has 0 radical (unpaired) electrons. The number of benzene rings is 4. The van der Waals surface area contributed by atoms with Crippen LogP contribution in [0.4, 0.5) is 38.5 Å². The molecule has 45 heteroatoms. The minimum atomic E-state index is -1.06. The lowest BCUT2D eigenvalue weighted by Crippen LogP contribution is -2.55. The standard InChI is InChI=1S/C66H100N10O16.C32H37N7O12/c1-15-43(6)60(54(88-12)36-57(80)75-33-23-26-51(75)62(90-14)44(7)63(83)70-45(8)61(82)47-24-19-18-20-25-47)73(10)64(84)49(41(2)3)35-52(77)59(42(4)5)74(11)66(85)92-39-46-27-28-53(91-40-48-37-69-65(72(48)9)76(86)87)50(34-46)71-56(79)38-67-31-21-16-17-22-32-68-55(78)29-30-58(81)89-13;1-37-24(18-35-31(37)39(46)47)21-49-27-12-7-22(20-50-32(43)51-25-10-8-23(9-11-25)38(44)45)17-26(27)36-29(41)19-33-15-5-3-4-6-16-34-28(40)13-14-30(42)48-2/h18-20,24-25,27-30,34,37,41-45,49,51,54,59-62,67,82H,15-17,21-23,26,31-33,35-36,38-40H2,1-14H3,(H,68,78)(H,70,83)(H,71,79);7-14,17-18,33H,3-6,15-16,19-21H2,1-2H3,(H,34,40)(H,36,41)/b30-29-;14-13-/t43-,44+,45+,49-,51-,54+,59-,60-,61+,62+;/m0./s1. The number of carbonyl (C=O) groups is 12. The Labute approximate surface area is 830 Å². The number of ketones is 1. The first-order valence-corrected chi connectivity index (χ1v) is 47.2. The van der Waals surface area contributed by atoms with Crippen LogP contribution in [-0.2, 0) is 117 Å². The summed E-state index contributed by atoms with van der Waals surface area (Å²) in [4.78, 5) is 200. The maximum atomic E-state index is 14.9. The fourth-order valence-corrected chi connectivity index (χ4v) is 16.0. The van der Waals surface area contributed by atoms with E-state index in [1.807, 2.05) is 45.9 Å². The molecule has 3 heterocycles. The van der Waals surface area contributed by atoms with Crippen molar-refractivity contribution in [2.45, 2.75) is 208 Å². The van der Waals surface area contributed by atoms with Crippen molar-refractivity contribution in [1.29, 1.82) is 0 Å². The van der Waals surface area contributed by atoms with Crippen LogP contribution in [0.25, 0.3) is 0 Å². The molecule has 6 aromatic rings. The number of Topliss-reactive ketones (excluding diaryl/α,β-unsaturated/α-hetero) is 1. The van der Waals surface area contributed by atoms with Gasteiger partial charge in [0, 0.05) is 96.7 Å². The number of aliphatic hydroxyl groups excluding tert-OH is 1. The molecule has 45 nitrogen and oxygen atoms in total. The summed E-state index contributed by atoms with van der Waals surface area (Å²) in [5, 5.41) is 64.5. The average Bonchev–Trinajstić information content (AvgIpc) is 1.39. The van der Waals surface area contributed by atoms with Crippen molar-refractivity contribution in [3.8, 4) is 17.2 Å². The second kappa shape index (κ2) is 60.8. The summed E-state index contributed by atoms with van der Waals surface area (Å²) in [7, 11) is 11.6. The first-order valence-electron chi connectivity index (χ1n) is 47.2. The number of imidazole rings is 2. The molecule has 0 bridgehead atoms. The van der Waals surface area contributed by atoms with Crippen LogP contribution in [0.2, 0.25) is 0 Å². The van der Waals surface area contributed by atoms with Crippen molar-refractivity contribution < 1.29 is 120 Å². The third-order valence-corrected chi connectivity index (χ3v) is 24.1. The molecule has 8 amide bonds. The zero-order chi connectivity index (χ0) is 106. The molecule has 782 valence electrons. The first kappa shape index (κ1) is 118. The van der Waals surface area contributed by atoms with E-state index in [0.29, 0.717) is 86.5 Å². The number of ether oxygens (including phenoxy) is 9. The van der Waals surface area contributed by atoms with Crippen LogP contribution in [0.5, 0.6) is 17.2 Å². The molecule has 0 saturated carbocycles. The van der Waals surface area contributed by atoms with E-state index in [4.69, 9.17) is 33.2 Å². The van der Waals surface area contributed by atoms with Crippen LogP contribution in [-0.4, -0.2) is 250 Å². The van der Waals surface area contributed by atoms with Crippen LogP contribution in [0.1, 0.15) is 173 Å². The SMILES string of the molecule is CC[C@H](C)[C@@H]([C@@H](CC(=O)N1CCC[C@H]1[C@H](OC)[C@@H](C)C(=O)N[C@H](C)[C@@H](O)c1ccccc1)OC)N(C)C(=O)[C@@H](CC(=O)[C@H](C(C)C)N(C)C(=O)OCc1ccc(OCc2cnc([N+](=O)[O-])n2C)c(NC(=O)CNCCCCCCNC(=O)/C=C\C(=O)OC)c1)C(C)C.COC(=O)/C=C\C(=O)NCCCCCCNCC(=O)Nc1cc(COC(=O)Oc2ccc([N+](=O)[O-])cc2)ccc1OCc1cnc([N+](=O)[O-])n1C. The lowest BCUT2D eigenvalue weighted by molar-refractivity contribution is -0.396. The summed E-state index contributed by atoms with van der Waals surface area (Å²) in [6.45, 7) is 16.3. The minimum Gasteiger partial charge on any atom is -0.484 e. The highest BCUT2D eigenvalue weighted by Gasteiger charge is 2.45. The number of nitrogens with zero attached hydrogens (tertiary/aromatic N) is 10. The number of methoxy groups -OCH3 is 4. The van der Waals surface area contributed by atoms with Crippen molar-refractivity contribution in [2.75, 3.05) is 99.0 Å². The van der Waals surface area contributed by atoms with E-state index in [0.717, 1.165) is 69.2 Å². The number of nitrogens with one attached hydrogen (secondary N) is 7. The average molecular weight is 2000 g/mol. The quantitative estimate of drug-likeness (QED) is 0.00334. The summed E-state index contributed by atoms with van der Waals surface area (Å²) >= 11 is 0. The molecule has 143 heavy (non-hydrogen) atoms. The number of hydrogen-bond acceptors (Lipinski definition) is 32. The Hall–Kier alpha value is -14.2. The molecule has 2 aromatic heterocycles. The summed E-state index contributed by atoms with van der Waals surface area (Å²) in [5.41, 5.74) is 2.65. The molecule has 8 N–H and O–H groups in total. The first-order chi connectivity index (χ1) is 68.2. The number of likely N-dealkylation sites (N-methyl/N-ethyl adjacent to an activating group) is 2. The third kappa shape index (κ3) is 38.3. The normalized spacial score (nSPS) is 14.2. The van der Waals surface area contributed by atoms with Crippen molar-refractivity contribution in [3.05, 3.63) is 186 Å². The van der Waals surface area contributed by atoms with Gasteiger partial charge >= 0.3 is 36.1 Å². The van der Waals surface area contributed by atoms with Crippen molar-refractivity contribution in [2.24, 2.45) is 43.7 Å². The van der Waals surface area contributed by atoms with Gasteiger partial charge in [-0.2, -0.15) is 0 Å². The number of nitro groups is 3. The monoisotopic (exact) mass is 2000 g/mol. The molecule has 1 aliphatic heterocycles. The van der Waals surface area contributed by atoms with Crippen LogP contribution >= 0.6 is 0 Å². The largest absolute Gasteiger partial charge is 0.514 e. The third-order valence-electron chi connectivity index (χ3n) is 24.1. The lowest BCUT2D eigenvalue weighted by atomic mass is 9.83. The zero-order valence-electron chi connectivity index (χ0n) is 84.0. The van der Waals surface area contributed by atoms with E-state index in [9.17, 15) is 93.0 Å². The number of carbonyl (C=O) groups excluding carboxylic acids is 12. The number of rotatable bonds is 59. The van der Waals surface area contributed by atoms with Gasteiger partial charge in [0.25, 0.3) is 5.69 Å². The maximum Gasteiger partial charge on any atom is 0.514 e. The number of non-ortho nitro benzene ring substituents is 1. The molecular formula is C98H137N17O28. The number of likely N-dealkylation sites (tertiary alicyclic amines) is 1. The van der Waals surface area contributed by atoms with E-state index >= 15 is 0 Å². The summed E-state index contributed by atoms with van der Waals surface area (Å²) < 4.78 is 51.5. The van der Waals surface area contributed by atoms with Gasteiger partial charge in [-0.1, -0.05) is 133 Å². The number of esters is 2. The summed E-state index contributed by atoms with van der Waals surface area (Å²) in [5.74, 6) is -6.71. The highest BCUT2D eigenvalue weighted by molar-refractivity contribution is 5.97. The Morgan fingerprint density at radius 2 is 1.08 bits per heavy atom. The van der Waals surface area contributed by atoms with Crippen molar-refractivity contribution >= 4 is 100 Å². The van der Waals surface area contributed by atoms with Gasteiger partial charge in [0.15, 0.2) is 17.2 Å². The zero-order valence-corrected chi connectivity index (χ0v) is 84.0. The number of nitro benzene ring substituents is 1. The summed E-state index contributed by atoms with van der Waals surface area (Å²) in [6.07, 6.45) is 10.6. The van der Waals surface area contributed by atoms with Gasteiger partial charge in [0.1, 0.15) is 56.1 Å². The molecule has 1 fully saturated rings. The molecular weight excluding hydrogens is 1860 g/mol. The van der Waals surface area contributed by atoms with Crippen LogP contribution < -0.4 is 51.4 Å². The molecule has 7 rings (SSSR count). The van der Waals surface area contributed by atoms with E-state index < -0.39 is 117 Å². The van der Waals surface area contributed by atoms with E-state index in [2.05, 4.69) is 56.7 Å². The van der Waals surface area contributed by atoms with Gasteiger partial charge in [0.05, 0.1) is 113 Å². The fourth-order valence-electron chi connectivity index (χ4n) is 16.0. The maximum absolute atomic E-state index is 14.9. The van der Waals surface area contributed by atoms with E-state index in [-0.39, 0.29) is 140 Å². The Bertz CT molecular complexity index is 5280. The van der Waals surface area contributed by atoms with Gasteiger partial charge in [0.2, 0.25) is 41.4 Å². The predicted octanol–water partition coefficient (Wildman–Crippen LogP) is 10.3. The minimum absolute atomic E-state index is 0.0295. The Kier molecular flexibility index (Phi) is 50.0. The van der Waals surface area contributed by atoms with E-state index in [1.54, 1.807) is 80.9 Å². The molecule has 1 aliphatic rings. The van der Waals surface area contributed by atoms with Crippen LogP contribution in [0.3, 0.4) is 0 Å². The van der Waals surface area contributed by atoms with Gasteiger partial charge in [-0.15, -0.1) is 0 Å². The highest BCUT2D eigenvalue weighted by Crippen LogP contribution is 2.35. The molecule has 4 aromatic carbocycles. The number of aliphatic hydroxyl groups is 1. The highest BCUT2D eigenvalue weighted by atomic mass is 16.7. The molecule has 1 saturated heterocycles. The number of anilines is 2. The fraction of sp³-hybridized carbons (Fsp3) is 0.531. The molecule has 0 aliphatic carbocycles. The van der Waals surface area contributed by atoms with Gasteiger partial charge in [-0.05, 0) is 139 Å². The van der Waals surface area contributed by atoms with Crippen molar-refractivity contribution in [1.82, 2.24) is 60.4 Å². The molecule has 0 spiro atoms. The topological polar surface area (TPSA) is 567 Å². The lowest BCUT2D eigenvalue weighted by Gasteiger charge is -2.41. The van der Waals surface area contributed by atoms with Gasteiger partial charge in [-0.3, -0.25) is 48.5 Å². The molecule has 0 unspecified atom stereocenters. The van der Waals surface area contributed by atoms with E-state index in [1.165, 1.54) is 112 Å². The Balaban J connectivity index is 0.000000516. The van der Waals surface area contributed by atoms with Crippen molar-refractivity contribution in [3.63, 3.8) is 0 Å². The van der Waals surface area contributed by atoms with Gasteiger partial charge < -0.3 is 120 Å².